The lowest BCUT2D eigenvalue weighted by Gasteiger charge is -2.24. The molecular weight excluding hydrogens is 603 g/mol. The molecule has 0 aliphatic carbocycles. The lowest BCUT2D eigenvalue weighted by atomic mass is 10.0. The molecule has 0 fully saturated rings. The van der Waals surface area contributed by atoms with Crippen LogP contribution in [0.2, 0.25) is 0 Å². The van der Waals surface area contributed by atoms with Gasteiger partial charge >= 0.3 is 7.82 Å². The molecule has 0 aromatic rings. The van der Waals surface area contributed by atoms with Crippen LogP contribution in [0.15, 0.2) is 24.3 Å². The summed E-state index contributed by atoms with van der Waals surface area (Å²) in [6, 6.07) is -0.993. The maximum absolute atomic E-state index is 12.7. The second kappa shape index (κ2) is 32.5. The highest BCUT2D eigenvalue weighted by atomic mass is 31.2. The van der Waals surface area contributed by atoms with E-state index < -0.39 is 38.6 Å². The number of allylic oxidation sites excluding steroid dienone is 3. The van der Waals surface area contributed by atoms with Gasteiger partial charge in [-0.2, -0.15) is 0 Å². The van der Waals surface area contributed by atoms with Gasteiger partial charge in [-0.1, -0.05) is 147 Å². The number of amides is 1. The van der Waals surface area contributed by atoms with Crippen LogP contribution in [0.25, 0.3) is 0 Å². The first-order valence-corrected chi connectivity index (χ1v) is 20.0. The number of carbonyl (C=O) groups excluding carboxylic acids is 1. The normalized spacial score (nSPS) is 15.3. The number of aliphatic hydroxyl groups excluding tert-OH is 2. The van der Waals surface area contributed by atoms with E-state index >= 15 is 0 Å². The fraction of sp³-hybridized carbons (Fsp3) is 0.861. The van der Waals surface area contributed by atoms with Crippen molar-refractivity contribution in [2.45, 2.75) is 180 Å². The van der Waals surface area contributed by atoms with Crippen molar-refractivity contribution in [1.82, 2.24) is 5.32 Å². The number of unbranched alkanes of at least 4 members (excludes halogenated alkanes) is 18. The van der Waals surface area contributed by atoms with Crippen molar-refractivity contribution in [3.63, 3.8) is 0 Å². The number of nitrogens with two attached hydrogens (primary N) is 1. The van der Waals surface area contributed by atoms with Crippen molar-refractivity contribution in [2.24, 2.45) is 5.73 Å². The highest BCUT2D eigenvalue weighted by molar-refractivity contribution is 7.47. The molecule has 46 heavy (non-hydrogen) atoms. The maximum Gasteiger partial charge on any atom is 0.472 e. The van der Waals surface area contributed by atoms with E-state index in [0.29, 0.717) is 12.8 Å². The molecule has 0 rings (SSSR count). The molecule has 0 aliphatic rings. The van der Waals surface area contributed by atoms with Gasteiger partial charge in [-0.05, 0) is 32.1 Å². The molecule has 0 aromatic heterocycles. The summed E-state index contributed by atoms with van der Waals surface area (Å²) in [6.45, 7) is 3.91. The average molecular weight is 675 g/mol. The summed E-state index contributed by atoms with van der Waals surface area (Å²) < 4.78 is 21.9. The monoisotopic (exact) mass is 674 g/mol. The van der Waals surface area contributed by atoms with Crippen LogP contribution in [0.1, 0.15) is 162 Å². The average Bonchev–Trinajstić information content (AvgIpc) is 3.03. The number of phosphoric acid groups is 1. The second-order valence-corrected chi connectivity index (χ2v) is 14.1. The summed E-state index contributed by atoms with van der Waals surface area (Å²) in [5.41, 5.74) is 5.33. The zero-order valence-electron chi connectivity index (χ0n) is 29.4. The van der Waals surface area contributed by atoms with Gasteiger partial charge in [-0.25, -0.2) is 4.57 Å². The van der Waals surface area contributed by atoms with E-state index in [1.807, 2.05) is 6.08 Å². The molecular formula is C36H71N2O7P. The Morgan fingerprint density at radius 3 is 1.80 bits per heavy atom. The van der Waals surface area contributed by atoms with Gasteiger partial charge in [-0.15, -0.1) is 0 Å². The van der Waals surface area contributed by atoms with Crippen LogP contribution >= 0.6 is 7.82 Å². The van der Waals surface area contributed by atoms with Crippen LogP contribution in [-0.4, -0.2) is 59.0 Å². The van der Waals surface area contributed by atoms with Crippen molar-refractivity contribution in [2.75, 3.05) is 19.8 Å². The zero-order chi connectivity index (χ0) is 34.1. The smallest absolute Gasteiger partial charge is 0.393 e. The second-order valence-electron chi connectivity index (χ2n) is 12.6. The summed E-state index contributed by atoms with van der Waals surface area (Å²) in [5, 5.41) is 23.8. The fourth-order valence-electron chi connectivity index (χ4n) is 5.25. The molecule has 4 atom stereocenters. The molecule has 6 N–H and O–H groups in total. The molecule has 0 aliphatic heterocycles. The molecule has 0 saturated heterocycles. The third-order valence-corrected chi connectivity index (χ3v) is 9.07. The molecule has 272 valence electrons. The first-order valence-electron chi connectivity index (χ1n) is 18.5. The number of rotatable bonds is 34. The van der Waals surface area contributed by atoms with E-state index in [-0.39, 0.29) is 19.6 Å². The van der Waals surface area contributed by atoms with Crippen molar-refractivity contribution in [1.29, 1.82) is 0 Å². The minimum absolute atomic E-state index is 0.0456. The molecule has 9 nitrogen and oxygen atoms in total. The van der Waals surface area contributed by atoms with Gasteiger partial charge in [0.1, 0.15) is 0 Å². The topological polar surface area (TPSA) is 151 Å². The van der Waals surface area contributed by atoms with Crippen molar-refractivity contribution in [3.05, 3.63) is 24.3 Å². The third-order valence-electron chi connectivity index (χ3n) is 8.08. The zero-order valence-corrected chi connectivity index (χ0v) is 30.3. The van der Waals surface area contributed by atoms with Crippen LogP contribution in [0.3, 0.4) is 0 Å². The Bertz CT molecular complexity index is 796. The molecule has 0 spiro atoms. The number of carbonyl (C=O) groups is 1. The number of phosphoric ester groups is 1. The minimum Gasteiger partial charge on any atom is -0.393 e. The van der Waals surface area contributed by atoms with E-state index in [1.54, 1.807) is 6.08 Å². The predicted octanol–water partition coefficient (Wildman–Crippen LogP) is 8.41. The Balaban J connectivity index is 4.52. The van der Waals surface area contributed by atoms with Crippen LogP contribution in [0.5, 0.6) is 0 Å². The molecule has 0 bridgehead atoms. The largest absolute Gasteiger partial charge is 0.472 e. The number of hydrogen-bond donors (Lipinski definition) is 5. The van der Waals surface area contributed by atoms with Gasteiger partial charge < -0.3 is 26.2 Å². The highest BCUT2D eigenvalue weighted by Gasteiger charge is 2.27. The van der Waals surface area contributed by atoms with E-state index in [4.69, 9.17) is 14.8 Å². The minimum atomic E-state index is -4.39. The van der Waals surface area contributed by atoms with E-state index in [1.165, 1.54) is 96.3 Å². The van der Waals surface area contributed by atoms with Gasteiger partial charge in [0.25, 0.3) is 0 Å². The molecule has 0 aromatic carbocycles. The van der Waals surface area contributed by atoms with Gasteiger partial charge in [-0.3, -0.25) is 13.8 Å². The van der Waals surface area contributed by atoms with E-state index in [0.717, 1.165) is 32.1 Å². The van der Waals surface area contributed by atoms with Crippen LogP contribution in [0, 0.1) is 0 Å². The number of aliphatic hydroxyl groups is 2. The van der Waals surface area contributed by atoms with Gasteiger partial charge in [0.15, 0.2) is 0 Å². The Morgan fingerprint density at radius 2 is 1.24 bits per heavy atom. The van der Waals surface area contributed by atoms with Crippen LogP contribution < -0.4 is 11.1 Å². The predicted molar refractivity (Wildman–Crippen MR) is 191 cm³/mol. The van der Waals surface area contributed by atoms with Gasteiger partial charge in [0.05, 0.1) is 37.9 Å². The number of hydrogen-bond acceptors (Lipinski definition) is 7. The summed E-state index contributed by atoms with van der Waals surface area (Å²) >= 11 is 0. The van der Waals surface area contributed by atoms with Gasteiger partial charge in [0.2, 0.25) is 5.91 Å². The van der Waals surface area contributed by atoms with Gasteiger partial charge in [0, 0.05) is 6.54 Å². The van der Waals surface area contributed by atoms with E-state index in [2.05, 4.69) is 31.3 Å². The summed E-state index contributed by atoms with van der Waals surface area (Å²) in [4.78, 5) is 22.6. The van der Waals surface area contributed by atoms with Crippen LogP contribution in [0.4, 0.5) is 0 Å². The SMILES string of the molecule is CCCCCCCCCC/C=C/CC/C=C/C(O)C(COP(=O)(O)OCCN)NC(=O)CC(O)CCCCCCCCCCCC. The van der Waals surface area contributed by atoms with E-state index in [9.17, 15) is 24.5 Å². The first-order chi connectivity index (χ1) is 22.3. The number of nitrogens with one attached hydrogen (secondary N) is 1. The Hall–Kier alpha value is -1.06. The standard InChI is InChI=1S/C36H71N2O7P/c1-3-5-7-9-11-13-15-16-17-18-20-22-24-26-28-35(40)34(32-45-46(42,43)44-30-29-37)38-36(41)31-33(39)27-25-23-21-19-14-12-10-8-6-4-2/h18,20,26,28,33-35,39-40H,3-17,19,21-25,27,29-32,37H2,1-2H3,(H,38,41)(H,42,43)/b20-18+,28-26+. The lowest BCUT2D eigenvalue weighted by molar-refractivity contribution is -0.124. The summed E-state index contributed by atoms with van der Waals surface area (Å²) in [6.07, 6.45) is 31.2. The molecule has 0 radical (unpaired) electrons. The Labute approximate surface area is 281 Å². The lowest BCUT2D eigenvalue weighted by Crippen LogP contribution is -2.46. The van der Waals surface area contributed by atoms with Crippen LogP contribution in [-0.2, 0) is 18.4 Å². The summed E-state index contributed by atoms with van der Waals surface area (Å²) in [5.74, 6) is -0.458. The molecule has 0 heterocycles. The maximum atomic E-state index is 12.7. The molecule has 4 unspecified atom stereocenters. The Kier molecular flexibility index (Phi) is 31.7. The quantitative estimate of drug-likeness (QED) is 0.0259. The molecule has 10 heteroatoms. The van der Waals surface area contributed by atoms with Crippen molar-refractivity contribution in [3.8, 4) is 0 Å². The highest BCUT2D eigenvalue weighted by Crippen LogP contribution is 2.43. The first kappa shape index (κ1) is 44.9. The summed E-state index contributed by atoms with van der Waals surface area (Å²) in [7, 11) is -4.39. The fourth-order valence-corrected chi connectivity index (χ4v) is 6.01. The molecule has 0 saturated carbocycles. The van der Waals surface area contributed by atoms with Crippen molar-refractivity contribution >= 4 is 13.7 Å². The third kappa shape index (κ3) is 30.3. The Morgan fingerprint density at radius 1 is 0.739 bits per heavy atom. The van der Waals surface area contributed by atoms with Crippen molar-refractivity contribution < 1.29 is 33.5 Å². The molecule has 1 amide bonds.